The van der Waals surface area contributed by atoms with Crippen molar-refractivity contribution in [2.75, 3.05) is 45.9 Å². The Kier molecular flexibility index (Phi) is 9.56. The van der Waals surface area contributed by atoms with E-state index in [2.05, 4.69) is 10.2 Å². The van der Waals surface area contributed by atoms with Crippen molar-refractivity contribution in [1.29, 1.82) is 0 Å². The zero-order valence-corrected chi connectivity index (χ0v) is 18.0. The number of piperazine rings is 1. The molecule has 2 rings (SSSR count). The van der Waals surface area contributed by atoms with E-state index < -0.39 is 17.9 Å². The average Bonchev–Trinajstić information content (AvgIpc) is 3.24. The Hall–Kier alpha value is -1.97. The molecule has 1 aliphatic rings. The number of thiophene rings is 1. The number of hydrogen-bond acceptors (Lipinski definition) is 7. The lowest BCUT2D eigenvalue weighted by molar-refractivity contribution is -0.149. The van der Waals surface area contributed by atoms with Gasteiger partial charge < -0.3 is 20.1 Å². The zero-order chi connectivity index (χ0) is 21.2. The van der Waals surface area contributed by atoms with E-state index in [0.717, 1.165) is 6.42 Å². The first-order valence-corrected chi connectivity index (χ1v) is 10.9. The fourth-order valence-electron chi connectivity index (χ4n) is 3.14. The minimum Gasteiger partial charge on any atom is -0.466 e. The number of ether oxygens (including phenoxy) is 1. The van der Waals surface area contributed by atoms with Crippen LogP contribution in [0.25, 0.3) is 0 Å². The molecule has 0 bridgehead atoms. The maximum atomic E-state index is 12.6. The van der Waals surface area contributed by atoms with Crippen molar-refractivity contribution < 1.29 is 24.2 Å². The summed E-state index contributed by atoms with van der Waals surface area (Å²) in [6.45, 7) is 6.96. The highest BCUT2D eigenvalue weighted by atomic mass is 32.1. The van der Waals surface area contributed by atoms with Crippen LogP contribution in [0.2, 0.25) is 0 Å². The molecule has 2 heterocycles. The Morgan fingerprint density at radius 3 is 2.62 bits per heavy atom. The van der Waals surface area contributed by atoms with Crippen molar-refractivity contribution in [3.63, 3.8) is 0 Å². The third-order valence-electron chi connectivity index (χ3n) is 5.01. The van der Waals surface area contributed by atoms with Crippen molar-refractivity contribution in [3.05, 3.63) is 22.4 Å². The van der Waals surface area contributed by atoms with Gasteiger partial charge in [-0.15, -0.1) is 11.3 Å². The number of esters is 1. The molecule has 1 aromatic rings. The standard InChI is InChI=1S/C20H31N3O5S/c1-3-28-17(24)7-9-22-10-12-23(13-11-22)20(27)18(25)15(2)19(26)21-8-6-16-5-4-14-29-16/h4-5,14-15,18,25H,3,6-13H2,1-2H3,(H,21,26)/t15-,18-/m1/s1. The molecule has 1 aromatic heterocycles. The maximum Gasteiger partial charge on any atom is 0.307 e. The lowest BCUT2D eigenvalue weighted by Crippen LogP contribution is -2.54. The summed E-state index contributed by atoms with van der Waals surface area (Å²) >= 11 is 1.63. The topological polar surface area (TPSA) is 99.2 Å². The minimum absolute atomic E-state index is 0.222. The number of carbonyl (C=O) groups excluding carboxylic acids is 3. The van der Waals surface area contributed by atoms with Gasteiger partial charge in [-0.2, -0.15) is 0 Å². The van der Waals surface area contributed by atoms with E-state index in [1.807, 2.05) is 17.5 Å². The second-order valence-electron chi connectivity index (χ2n) is 7.08. The number of aliphatic hydroxyl groups excluding tert-OH is 1. The summed E-state index contributed by atoms with van der Waals surface area (Å²) in [6.07, 6.45) is -0.302. The highest BCUT2D eigenvalue weighted by Gasteiger charge is 2.32. The predicted octanol–water partition coefficient (Wildman–Crippen LogP) is 0.501. The lowest BCUT2D eigenvalue weighted by atomic mass is 10.0. The Morgan fingerprint density at radius 1 is 1.28 bits per heavy atom. The predicted molar refractivity (Wildman–Crippen MR) is 110 cm³/mol. The molecule has 0 aliphatic carbocycles. The highest BCUT2D eigenvalue weighted by Crippen LogP contribution is 2.12. The van der Waals surface area contributed by atoms with Gasteiger partial charge in [0.05, 0.1) is 18.9 Å². The number of rotatable bonds is 10. The van der Waals surface area contributed by atoms with Crippen LogP contribution in [0.4, 0.5) is 0 Å². The first-order chi connectivity index (χ1) is 13.9. The molecule has 2 N–H and O–H groups in total. The lowest BCUT2D eigenvalue weighted by Gasteiger charge is -2.36. The van der Waals surface area contributed by atoms with Gasteiger partial charge in [-0.3, -0.25) is 19.3 Å². The van der Waals surface area contributed by atoms with Crippen LogP contribution in [0.5, 0.6) is 0 Å². The summed E-state index contributed by atoms with van der Waals surface area (Å²) in [5, 5.41) is 15.1. The largest absolute Gasteiger partial charge is 0.466 e. The van der Waals surface area contributed by atoms with Gasteiger partial charge in [0.25, 0.3) is 5.91 Å². The molecule has 8 nitrogen and oxygen atoms in total. The van der Waals surface area contributed by atoms with Gasteiger partial charge >= 0.3 is 5.97 Å². The van der Waals surface area contributed by atoms with E-state index in [-0.39, 0.29) is 11.9 Å². The number of nitrogens with one attached hydrogen (secondary N) is 1. The van der Waals surface area contributed by atoms with Crippen LogP contribution < -0.4 is 5.32 Å². The molecule has 0 spiro atoms. The molecule has 0 saturated carbocycles. The smallest absolute Gasteiger partial charge is 0.307 e. The fourth-order valence-corrected chi connectivity index (χ4v) is 3.85. The third kappa shape index (κ3) is 7.41. The summed E-state index contributed by atoms with van der Waals surface area (Å²) < 4.78 is 4.92. The molecule has 1 aliphatic heterocycles. The quantitative estimate of drug-likeness (QED) is 0.530. The Morgan fingerprint density at radius 2 is 2.00 bits per heavy atom. The van der Waals surface area contributed by atoms with Crippen molar-refractivity contribution in [1.82, 2.24) is 15.1 Å². The molecule has 29 heavy (non-hydrogen) atoms. The van der Waals surface area contributed by atoms with E-state index in [1.54, 1.807) is 30.1 Å². The molecule has 2 atom stereocenters. The van der Waals surface area contributed by atoms with Crippen LogP contribution in [0.15, 0.2) is 17.5 Å². The first kappa shape index (κ1) is 23.3. The van der Waals surface area contributed by atoms with Gasteiger partial charge in [0, 0.05) is 44.1 Å². The van der Waals surface area contributed by atoms with E-state index in [0.29, 0.717) is 52.3 Å². The molecular formula is C20H31N3O5S. The number of amides is 2. The number of aliphatic hydroxyl groups is 1. The van der Waals surface area contributed by atoms with Crippen LogP contribution in [-0.2, 0) is 25.5 Å². The molecule has 0 radical (unpaired) electrons. The van der Waals surface area contributed by atoms with Crippen molar-refractivity contribution >= 4 is 29.1 Å². The van der Waals surface area contributed by atoms with E-state index in [1.165, 1.54) is 4.88 Å². The molecular weight excluding hydrogens is 394 g/mol. The molecule has 1 fully saturated rings. The Bertz CT molecular complexity index is 659. The van der Waals surface area contributed by atoms with Gasteiger partial charge in [-0.25, -0.2) is 0 Å². The van der Waals surface area contributed by atoms with Crippen LogP contribution >= 0.6 is 11.3 Å². The number of nitrogens with zero attached hydrogens (tertiary/aromatic N) is 2. The molecule has 0 aromatic carbocycles. The van der Waals surface area contributed by atoms with Gasteiger partial charge in [0.2, 0.25) is 5.91 Å². The summed E-state index contributed by atoms with van der Waals surface area (Å²) in [4.78, 5) is 41.1. The normalized spacial score (nSPS) is 16.9. The SMILES string of the molecule is CCOC(=O)CCN1CCN(C(=O)[C@H](O)[C@@H](C)C(=O)NCCc2cccs2)CC1. The first-order valence-electron chi connectivity index (χ1n) is 10.1. The molecule has 162 valence electrons. The minimum atomic E-state index is -1.36. The van der Waals surface area contributed by atoms with Gasteiger partial charge in [-0.05, 0) is 24.8 Å². The van der Waals surface area contributed by atoms with E-state index in [9.17, 15) is 19.5 Å². The summed E-state index contributed by atoms with van der Waals surface area (Å²) in [7, 11) is 0. The van der Waals surface area contributed by atoms with Gasteiger partial charge in [0.15, 0.2) is 0 Å². The van der Waals surface area contributed by atoms with Crippen LogP contribution in [0.1, 0.15) is 25.1 Å². The molecule has 0 unspecified atom stereocenters. The second-order valence-corrected chi connectivity index (χ2v) is 8.11. The van der Waals surface area contributed by atoms with Crippen LogP contribution in [0.3, 0.4) is 0 Å². The molecule has 2 amide bonds. The Balaban J connectivity index is 1.70. The third-order valence-corrected chi connectivity index (χ3v) is 5.95. The summed E-state index contributed by atoms with van der Waals surface area (Å²) in [5.41, 5.74) is 0. The van der Waals surface area contributed by atoms with Crippen molar-refractivity contribution in [2.45, 2.75) is 32.8 Å². The number of hydrogen-bond donors (Lipinski definition) is 2. The number of carbonyl (C=O) groups is 3. The van der Waals surface area contributed by atoms with E-state index in [4.69, 9.17) is 4.74 Å². The second kappa shape index (κ2) is 11.9. The maximum absolute atomic E-state index is 12.6. The average molecular weight is 426 g/mol. The molecule has 1 saturated heterocycles. The zero-order valence-electron chi connectivity index (χ0n) is 17.1. The van der Waals surface area contributed by atoms with Crippen molar-refractivity contribution in [3.8, 4) is 0 Å². The van der Waals surface area contributed by atoms with Crippen LogP contribution in [0, 0.1) is 5.92 Å². The molecule has 9 heteroatoms. The Labute approximate surface area is 175 Å². The summed E-state index contributed by atoms with van der Waals surface area (Å²) in [5.74, 6) is -1.78. The highest BCUT2D eigenvalue weighted by molar-refractivity contribution is 7.09. The van der Waals surface area contributed by atoms with Gasteiger partial charge in [-0.1, -0.05) is 13.0 Å². The van der Waals surface area contributed by atoms with E-state index >= 15 is 0 Å². The van der Waals surface area contributed by atoms with Gasteiger partial charge in [0.1, 0.15) is 6.10 Å². The fraction of sp³-hybridized carbons (Fsp3) is 0.650. The van der Waals surface area contributed by atoms with Crippen molar-refractivity contribution in [2.24, 2.45) is 5.92 Å². The monoisotopic (exact) mass is 425 g/mol. The van der Waals surface area contributed by atoms with Crippen LogP contribution in [-0.4, -0.2) is 84.7 Å². The summed E-state index contributed by atoms with van der Waals surface area (Å²) in [6, 6.07) is 3.97.